The number of nitrogens with one attached hydrogen (secondary N) is 1. The first-order valence-electron chi connectivity index (χ1n) is 9.77. The molecule has 2 heterocycles. The zero-order chi connectivity index (χ0) is 23.4. The number of rotatable bonds is 8. The number of ether oxygens (including phenoxy) is 1. The maximum Gasteiger partial charge on any atom is 0.352 e. The van der Waals surface area contributed by atoms with E-state index in [2.05, 4.69) is 15.3 Å². The Morgan fingerprint density at radius 3 is 2.62 bits per heavy atom. The van der Waals surface area contributed by atoms with Crippen LogP contribution in [0.2, 0.25) is 0 Å². The van der Waals surface area contributed by atoms with E-state index in [0.29, 0.717) is 17.6 Å². The molecule has 2 aliphatic rings. The molecule has 2 aliphatic heterocycles. The monoisotopic (exact) mass is 459 g/mol. The van der Waals surface area contributed by atoms with E-state index in [-0.39, 0.29) is 11.4 Å². The molecule has 3 rings (SSSR count). The second kappa shape index (κ2) is 9.75. The molecule has 1 saturated heterocycles. The van der Waals surface area contributed by atoms with Gasteiger partial charge in [-0.05, 0) is 17.5 Å². The zero-order valence-corrected chi connectivity index (χ0v) is 18.1. The molecular weight excluding hydrogens is 438 g/mol. The molecule has 2 N–H and O–H groups in total. The van der Waals surface area contributed by atoms with E-state index in [4.69, 9.17) is 10.3 Å². The number of amides is 2. The molecule has 0 bridgehead atoms. The predicted octanol–water partition coefficient (Wildman–Crippen LogP) is 2.12. The number of carbonyl (C=O) groups excluding carboxylic acids is 3. The van der Waals surface area contributed by atoms with Gasteiger partial charge >= 0.3 is 11.9 Å². The Morgan fingerprint density at radius 1 is 1.38 bits per heavy atom. The van der Waals surface area contributed by atoms with Gasteiger partial charge in [-0.1, -0.05) is 42.4 Å². The van der Waals surface area contributed by atoms with Gasteiger partial charge in [0.15, 0.2) is 0 Å². The lowest BCUT2D eigenvalue weighted by Gasteiger charge is -2.50. The van der Waals surface area contributed by atoms with Gasteiger partial charge in [0.05, 0.1) is 0 Å². The van der Waals surface area contributed by atoms with Crippen molar-refractivity contribution in [3.63, 3.8) is 0 Å². The minimum absolute atomic E-state index is 0.215. The third-order valence-electron chi connectivity index (χ3n) is 5.10. The van der Waals surface area contributed by atoms with Crippen molar-refractivity contribution in [3.05, 3.63) is 57.6 Å². The number of thioether (sulfide) groups is 1. The highest BCUT2D eigenvalue weighted by molar-refractivity contribution is 8.00. The van der Waals surface area contributed by atoms with Gasteiger partial charge in [0.2, 0.25) is 5.91 Å². The lowest BCUT2D eigenvalue weighted by atomic mass is 9.98. The SMILES string of the molecule is CCC(OC(C)=O)C1=C(C(=O)O)N2C(=O)[C@@H](NC(=O)C(N=[N+]=[N-])c3ccccc3)[C@H]2SC1. The summed E-state index contributed by atoms with van der Waals surface area (Å²) >= 11 is 1.26. The molecule has 1 aromatic rings. The number of carboxylic acid groups (broad SMARTS) is 1. The van der Waals surface area contributed by atoms with E-state index in [1.807, 2.05) is 0 Å². The normalized spacial score (nSPS) is 21.4. The Hall–Kier alpha value is -3.50. The van der Waals surface area contributed by atoms with Gasteiger partial charge < -0.3 is 15.2 Å². The Bertz CT molecular complexity index is 1020. The first-order valence-corrected chi connectivity index (χ1v) is 10.8. The summed E-state index contributed by atoms with van der Waals surface area (Å²) in [5, 5.41) is 15.2. The minimum Gasteiger partial charge on any atom is -0.477 e. The number of aliphatic carboxylic acids is 1. The third kappa shape index (κ3) is 4.41. The van der Waals surface area contributed by atoms with Crippen LogP contribution in [0.5, 0.6) is 0 Å². The van der Waals surface area contributed by atoms with E-state index >= 15 is 0 Å². The number of azide groups is 1. The Balaban J connectivity index is 1.83. The van der Waals surface area contributed by atoms with Crippen LogP contribution >= 0.6 is 11.8 Å². The summed E-state index contributed by atoms with van der Waals surface area (Å²) in [5.41, 5.74) is 9.42. The molecule has 4 atom stereocenters. The van der Waals surface area contributed by atoms with Crippen LogP contribution in [0.15, 0.2) is 46.7 Å². The summed E-state index contributed by atoms with van der Waals surface area (Å²) in [7, 11) is 0. The molecule has 0 saturated carbocycles. The molecule has 1 aromatic carbocycles. The van der Waals surface area contributed by atoms with Crippen LogP contribution in [0.4, 0.5) is 0 Å². The fourth-order valence-corrected chi connectivity index (χ4v) is 5.09. The summed E-state index contributed by atoms with van der Waals surface area (Å²) < 4.78 is 5.23. The number of carbonyl (C=O) groups is 4. The van der Waals surface area contributed by atoms with Crippen LogP contribution < -0.4 is 5.32 Å². The molecule has 12 heteroatoms. The number of fused-ring (bicyclic) bond motifs is 1. The van der Waals surface area contributed by atoms with Gasteiger partial charge in [0.25, 0.3) is 5.91 Å². The Morgan fingerprint density at radius 2 is 2.06 bits per heavy atom. The first-order chi connectivity index (χ1) is 15.3. The Labute approximate surface area is 187 Å². The highest BCUT2D eigenvalue weighted by atomic mass is 32.2. The maximum absolute atomic E-state index is 12.8. The number of carboxylic acids is 1. The summed E-state index contributed by atoms with van der Waals surface area (Å²) in [6.07, 6.45) is -0.412. The van der Waals surface area contributed by atoms with Crippen molar-refractivity contribution in [3.8, 4) is 0 Å². The van der Waals surface area contributed by atoms with Gasteiger partial charge in [0.1, 0.15) is 29.3 Å². The number of benzene rings is 1. The summed E-state index contributed by atoms with van der Waals surface area (Å²) in [6.45, 7) is 2.98. The smallest absolute Gasteiger partial charge is 0.352 e. The zero-order valence-electron chi connectivity index (χ0n) is 17.3. The molecule has 1 fully saturated rings. The number of hydrogen-bond acceptors (Lipinski definition) is 7. The fourth-order valence-electron chi connectivity index (χ4n) is 3.68. The van der Waals surface area contributed by atoms with Gasteiger partial charge in [0, 0.05) is 23.2 Å². The molecule has 2 unspecified atom stereocenters. The van der Waals surface area contributed by atoms with Crippen LogP contribution in [-0.4, -0.2) is 57.0 Å². The van der Waals surface area contributed by atoms with E-state index in [9.17, 15) is 24.3 Å². The van der Waals surface area contributed by atoms with Crippen molar-refractivity contribution in [2.45, 2.75) is 43.8 Å². The largest absolute Gasteiger partial charge is 0.477 e. The van der Waals surface area contributed by atoms with E-state index in [1.165, 1.54) is 18.7 Å². The first kappa shape index (κ1) is 23.2. The highest BCUT2D eigenvalue weighted by Gasteiger charge is 2.55. The second-order valence-electron chi connectivity index (χ2n) is 7.10. The molecule has 32 heavy (non-hydrogen) atoms. The van der Waals surface area contributed by atoms with Crippen LogP contribution in [0.25, 0.3) is 10.4 Å². The van der Waals surface area contributed by atoms with E-state index in [0.717, 1.165) is 4.90 Å². The third-order valence-corrected chi connectivity index (χ3v) is 6.40. The van der Waals surface area contributed by atoms with Crippen LogP contribution in [-0.2, 0) is 23.9 Å². The van der Waals surface area contributed by atoms with Crippen molar-refractivity contribution >= 4 is 35.5 Å². The molecule has 0 spiro atoms. The van der Waals surface area contributed by atoms with Crippen molar-refractivity contribution in [1.82, 2.24) is 10.2 Å². The van der Waals surface area contributed by atoms with Crippen LogP contribution in [0, 0.1) is 0 Å². The van der Waals surface area contributed by atoms with Crippen molar-refractivity contribution in [2.75, 3.05) is 5.75 Å². The number of hydrogen-bond donors (Lipinski definition) is 2. The molecule has 0 radical (unpaired) electrons. The average Bonchev–Trinajstić information content (AvgIpc) is 2.78. The topological polar surface area (TPSA) is 162 Å². The molecule has 2 amide bonds. The lowest BCUT2D eigenvalue weighted by molar-refractivity contribution is -0.151. The highest BCUT2D eigenvalue weighted by Crippen LogP contribution is 2.42. The van der Waals surface area contributed by atoms with E-state index < -0.39 is 47.3 Å². The van der Waals surface area contributed by atoms with Crippen molar-refractivity contribution in [1.29, 1.82) is 0 Å². The van der Waals surface area contributed by atoms with Crippen molar-refractivity contribution in [2.24, 2.45) is 5.11 Å². The van der Waals surface area contributed by atoms with E-state index in [1.54, 1.807) is 37.3 Å². The van der Waals surface area contributed by atoms with Crippen LogP contribution in [0.1, 0.15) is 31.9 Å². The molecule has 168 valence electrons. The molecule has 0 aliphatic carbocycles. The molecule has 0 aromatic heterocycles. The molecular formula is C20H21N5O6S. The standard InChI is InChI=1S/C20H21N5O6S/c1-3-13(31-10(2)26)12-9-32-19-15(18(28)25(19)16(12)20(29)30)22-17(27)14(23-24-21)11-7-5-4-6-8-11/h4-8,13-15,19H,3,9H2,1-2H3,(H,22,27)(H,29,30)/t13?,14?,15-,19-/m1/s1. The van der Waals surface area contributed by atoms with Gasteiger partial charge in [-0.15, -0.1) is 11.8 Å². The lowest BCUT2D eigenvalue weighted by Crippen LogP contribution is -2.71. The Kier molecular flexibility index (Phi) is 7.06. The summed E-state index contributed by atoms with van der Waals surface area (Å²) in [6, 6.07) is 6.23. The summed E-state index contributed by atoms with van der Waals surface area (Å²) in [5.74, 6) is -2.91. The number of nitrogens with zero attached hydrogens (tertiary/aromatic N) is 4. The number of β-lactam (4-membered cyclic amide) rings is 1. The minimum atomic E-state index is -1.31. The molecule has 11 nitrogen and oxygen atoms in total. The van der Waals surface area contributed by atoms with Gasteiger partial charge in [-0.3, -0.25) is 19.3 Å². The number of esters is 1. The van der Waals surface area contributed by atoms with Gasteiger partial charge in [-0.25, -0.2) is 4.79 Å². The average molecular weight is 459 g/mol. The second-order valence-corrected chi connectivity index (χ2v) is 8.20. The quantitative estimate of drug-likeness (QED) is 0.198. The van der Waals surface area contributed by atoms with Crippen molar-refractivity contribution < 1.29 is 29.0 Å². The van der Waals surface area contributed by atoms with Gasteiger partial charge in [-0.2, -0.15) is 0 Å². The predicted molar refractivity (Wildman–Crippen MR) is 114 cm³/mol. The van der Waals surface area contributed by atoms with Crippen LogP contribution in [0.3, 0.4) is 0 Å². The summed E-state index contributed by atoms with van der Waals surface area (Å²) in [4.78, 5) is 52.8. The fraction of sp³-hybridized carbons (Fsp3) is 0.400. The maximum atomic E-state index is 12.8.